The summed E-state index contributed by atoms with van der Waals surface area (Å²) in [6, 6.07) is 5.04. The van der Waals surface area contributed by atoms with E-state index in [-0.39, 0.29) is 5.82 Å². The maximum atomic E-state index is 13.2. The van der Waals surface area contributed by atoms with Gasteiger partial charge in [0.15, 0.2) is 0 Å². The molecule has 114 valence electrons. The van der Waals surface area contributed by atoms with Crippen molar-refractivity contribution in [2.45, 2.75) is 64.8 Å². The molecule has 0 aromatic heterocycles. The largest absolute Gasteiger partial charge is 0.313 e. The lowest BCUT2D eigenvalue weighted by Gasteiger charge is -2.06. The first-order valence-corrected chi connectivity index (χ1v) is 8.67. The second kappa shape index (κ2) is 11.3. The molecule has 0 radical (unpaired) electrons. The molecule has 0 heterocycles. The molecule has 0 fully saturated rings. The molecular formula is C17H27BrFN. The summed E-state index contributed by atoms with van der Waals surface area (Å²) in [7, 11) is 0. The molecule has 1 aromatic carbocycles. The van der Waals surface area contributed by atoms with Crippen LogP contribution in [0.25, 0.3) is 0 Å². The maximum absolute atomic E-state index is 13.2. The Labute approximate surface area is 131 Å². The van der Waals surface area contributed by atoms with Crippen LogP contribution in [0.5, 0.6) is 0 Å². The van der Waals surface area contributed by atoms with Crippen LogP contribution in [0.1, 0.15) is 63.9 Å². The molecule has 1 N–H and O–H groups in total. The van der Waals surface area contributed by atoms with Gasteiger partial charge in [-0.3, -0.25) is 0 Å². The molecule has 0 aliphatic rings. The topological polar surface area (TPSA) is 12.0 Å². The molecule has 1 rings (SSSR count). The third-order valence-corrected chi connectivity index (χ3v) is 3.92. The highest BCUT2D eigenvalue weighted by molar-refractivity contribution is 9.10. The zero-order valence-electron chi connectivity index (χ0n) is 12.6. The molecule has 1 aromatic rings. The normalized spacial score (nSPS) is 10.9. The number of unbranched alkanes of at least 4 members (excludes halogenated alkanes) is 7. The molecule has 0 atom stereocenters. The SMILES string of the molecule is CCCCCCCCCCNCc1cc(F)cc(Br)c1. The van der Waals surface area contributed by atoms with Crippen LogP contribution < -0.4 is 5.32 Å². The van der Waals surface area contributed by atoms with E-state index in [0.29, 0.717) is 0 Å². The third-order valence-electron chi connectivity index (χ3n) is 3.46. The Kier molecular flexibility index (Phi) is 9.94. The van der Waals surface area contributed by atoms with Crippen molar-refractivity contribution in [2.24, 2.45) is 0 Å². The van der Waals surface area contributed by atoms with Gasteiger partial charge in [-0.1, -0.05) is 67.8 Å². The summed E-state index contributed by atoms with van der Waals surface area (Å²) in [5.74, 6) is -0.178. The summed E-state index contributed by atoms with van der Waals surface area (Å²) < 4.78 is 14.0. The van der Waals surface area contributed by atoms with Crippen molar-refractivity contribution in [1.82, 2.24) is 5.32 Å². The van der Waals surface area contributed by atoms with Gasteiger partial charge in [-0.2, -0.15) is 0 Å². The van der Waals surface area contributed by atoms with Gasteiger partial charge >= 0.3 is 0 Å². The average Bonchev–Trinajstić information content (AvgIpc) is 2.40. The van der Waals surface area contributed by atoms with E-state index in [2.05, 4.69) is 28.2 Å². The van der Waals surface area contributed by atoms with E-state index >= 15 is 0 Å². The van der Waals surface area contributed by atoms with Crippen LogP contribution in [0, 0.1) is 5.82 Å². The summed E-state index contributed by atoms with van der Waals surface area (Å²) in [6.07, 6.45) is 10.7. The van der Waals surface area contributed by atoms with Crippen molar-refractivity contribution >= 4 is 15.9 Å². The lowest BCUT2D eigenvalue weighted by molar-refractivity contribution is 0.554. The Bertz CT molecular complexity index is 348. The number of hydrogen-bond donors (Lipinski definition) is 1. The molecule has 3 heteroatoms. The van der Waals surface area contributed by atoms with Gasteiger partial charge in [0.25, 0.3) is 0 Å². The van der Waals surface area contributed by atoms with Crippen LogP contribution in [0.3, 0.4) is 0 Å². The molecular weight excluding hydrogens is 317 g/mol. The van der Waals surface area contributed by atoms with Gasteiger partial charge in [0.2, 0.25) is 0 Å². The van der Waals surface area contributed by atoms with Gasteiger partial charge in [0.1, 0.15) is 5.82 Å². The number of halogens is 2. The summed E-state index contributed by atoms with van der Waals surface area (Å²) in [5, 5.41) is 3.38. The van der Waals surface area contributed by atoms with Gasteiger partial charge in [-0.25, -0.2) is 4.39 Å². The minimum Gasteiger partial charge on any atom is -0.313 e. The first-order chi connectivity index (χ1) is 9.72. The lowest BCUT2D eigenvalue weighted by Crippen LogP contribution is -2.14. The highest BCUT2D eigenvalue weighted by Gasteiger charge is 1.98. The van der Waals surface area contributed by atoms with E-state index in [9.17, 15) is 4.39 Å². The van der Waals surface area contributed by atoms with Crippen LogP contribution in [-0.4, -0.2) is 6.54 Å². The van der Waals surface area contributed by atoms with Crippen molar-refractivity contribution in [1.29, 1.82) is 0 Å². The number of nitrogens with one attached hydrogen (secondary N) is 1. The Hall–Kier alpha value is -0.410. The fraction of sp³-hybridized carbons (Fsp3) is 0.647. The van der Waals surface area contributed by atoms with Crippen molar-refractivity contribution in [2.75, 3.05) is 6.54 Å². The molecule has 0 unspecified atom stereocenters. The zero-order chi connectivity index (χ0) is 14.6. The number of benzene rings is 1. The Balaban J connectivity index is 1.97. The maximum Gasteiger partial charge on any atom is 0.124 e. The molecule has 0 aliphatic carbocycles. The second-order valence-electron chi connectivity index (χ2n) is 5.43. The van der Waals surface area contributed by atoms with Crippen LogP contribution in [0.2, 0.25) is 0 Å². The smallest absolute Gasteiger partial charge is 0.124 e. The second-order valence-corrected chi connectivity index (χ2v) is 6.35. The first-order valence-electron chi connectivity index (χ1n) is 7.88. The van der Waals surface area contributed by atoms with Crippen LogP contribution in [0.15, 0.2) is 22.7 Å². The fourth-order valence-electron chi connectivity index (χ4n) is 2.33. The molecule has 20 heavy (non-hydrogen) atoms. The van der Waals surface area contributed by atoms with Crippen LogP contribution >= 0.6 is 15.9 Å². The zero-order valence-corrected chi connectivity index (χ0v) is 14.1. The Morgan fingerprint density at radius 2 is 1.60 bits per heavy atom. The standard InChI is InChI=1S/C17H27BrFN/c1-2-3-4-5-6-7-8-9-10-20-14-15-11-16(18)13-17(19)12-15/h11-13,20H,2-10,14H2,1H3. The summed E-state index contributed by atoms with van der Waals surface area (Å²) in [4.78, 5) is 0. The van der Waals surface area contributed by atoms with Crippen molar-refractivity contribution < 1.29 is 4.39 Å². The Morgan fingerprint density at radius 3 is 2.25 bits per heavy atom. The molecule has 0 spiro atoms. The highest BCUT2D eigenvalue weighted by atomic mass is 79.9. The van der Waals surface area contributed by atoms with Gasteiger partial charge in [-0.15, -0.1) is 0 Å². The number of rotatable bonds is 11. The Morgan fingerprint density at radius 1 is 0.950 bits per heavy atom. The van der Waals surface area contributed by atoms with E-state index in [4.69, 9.17) is 0 Å². The predicted molar refractivity (Wildman–Crippen MR) is 88.4 cm³/mol. The minimum atomic E-state index is -0.178. The van der Waals surface area contributed by atoms with Crippen LogP contribution in [-0.2, 0) is 6.54 Å². The van der Waals surface area contributed by atoms with Crippen LogP contribution in [0.4, 0.5) is 4.39 Å². The lowest BCUT2D eigenvalue weighted by atomic mass is 10.1. The summed E-state index contributed by atoms with van der Waals surface area (Å²) in [6.45, 7) is 4.01. The third kappa shape index (κ3) is 8.70. The molecule has 0 saturated carbocycles. The molecule has 0 aliphatic heterocycles. The summed E-state index contributed by atoms with van der Waals surface area (Å²) >= 11 is 3.31. The van der Waals surface area contributed by atoms with E-state index in [1.807, 2.05) is 6.07 Å². The van der Waals surface area contributed by atoms with Gasteiger partial charge < -0.3 is 5.32 Å². The van der Waals surface area contributed by atoms with E-state index < -0.39 is 0 Å². The van der Waals surface area contributed by atoms with Gasteiger partial charge in [0.05, 0.1) is 0 Å². The van der Waals surface area contributed by atoms with Crippen molar-refractivity contribution in [3.8, 4) is 0 Å². The number of hydrogen-bond acceptors (Lipinski definition) is 1. The predicted octanol–water partition coefficient (Wildman–Crippen LogP) is 5.82. The molecule has 0 amide bonds. The van der Waals surface area contributed by atoms with Crippen molar-refractivity contribution in [3.63, 3.8) is 0 Å². The van der Waals surface area contributed by atoms with E-state index in [1.54, 1.807) is 6.07 Å². The first kappa shape index (κ1) is 17.6. The molecule has 1 nitrogen and oxygen atoms in total. The molecule has 0 saturated heterocycles. The van der Waals surface area contributed by atoms with E-state index in [0.717, 1.165) is 23.1 Å². The van der Waals surface area contributed by atoms with Gasteiger partial charge in [-0.05, 0) is 36.7 Å². The van der Waals surface area contributed by atoms with E-state index in [1.165, 1.54) is 57.4 Å². The fourth-order valence-corrected chi connectivity index (χ4v) is 2.84. The molecule has 0 bridgehead atoms. The van der Waals surface area contributed by atoms with Gasteiger partial charge in [0, 0.05) is 11.0 Å². The average molecular weight is 344 g/mol. The van der Waals surface area contributed by atoms with Crippen molar-refractivity contribution in [3.05, 3.63) is 34.1 Å². The quantitative estimate of drug-likeness (QED) is 0.499. The monoisotopic (exact) mass is 343 g/mol. The highest BCUT2D eigenvalue weighted by Crippen LogP contribution is 2.14. The summed E-state index contributed by atoms with van der Waals surface area (Å²) in [5.41, 5.74) is 0.997. The minimum absolute atomic E-state index is 0.178.